The molecule has 0 fully saturated rings. The van der Waals surface area contributed by atoms with Gasteiger partial charge in [-0.2, -0.15) is 0 Å². The van der Waals surface area contributed by atoms with Crippen molar-refractivity contribution >= 4 is 17.6 Å². The van der Waals surface area contributed by atoms with Crippen LogP contribution >= 0.6 is 0 Å². The van der Waals surface area contributed by atoms with Crippen molar-refractivity contribution < 1.29 is 23.8 Å². The second-order valence-corrected chi connectivity index (χ2v) is 4.57. The van der Waals surface area contributed by atoms with Crippen molar-refractivity contribution in [2.24, 2.45) is 0 Å². The van der Waals surface area contributed by atoms with Gasteiger partial charge in [-0.05, 0) is 37.3 Å². The summed E-state index contributed by atoms with van der Waals surface area (Å²) in [6.45, 7) is 1.37. The first kappa shape index (κ1) is 15.5. The number of halogens is 1. The third-order valence-corrected chi connectivity index (χ3v) is 2.87. The third kappa shape index (κ3) is 3.82. The van der Waals surface area contributed by atoms with Crippen LogP contribution in [0, 0.1) is 5.82 Å². The number of phenolic OH excluding ortho intramolecular Hbond substituents is 1. The van der Waals surface area contributed by atoms with Gasteiger partial charge in [0.15, 0.2) is 6.10 Å². The summed E-state index contributed by atoms with van der Waals surface area (Å²) in [5, 5.41) is 11.6. The number of amides is 1. The van der Waals surface area contributed by atoms with Crippen molar-refractivity contribution in [3.8, 4) is 5.75 Å². The van der Waals surface area contributed by atoms with Gasteiger partial charge in [0.1, 0.15) is 11.6 Å². The van der Waals surface area contributed by atoms with Gasteiger partial charge in [0, 0.05) is 0 Å². The fraction of sp³-hybridized carbons (Fsp3) is 0.125. The van der Waals surface area contributed by atoms with Gasteiger partial charge in [-0.15, -0.1) is 0 Å². The molecule has 2 N–H and O–H groups in total. The highest BCUT2D eigenvalue weighted by Crippen LogP contribution is 2.15. The largest absolute Gasteiger partial charge is 0.508 e. The summed E-state index contributed by atoms with van der Waals surface area (Å²) in [5.74, 6) is -2.08. The van der Waals surface area contributed by atoms with E-state index in [0.717, 1.165) is 0 Å². The number of phenols is 1. The quantitative estimate of drug-likeness (QED) is 0.852. The Bertz CT molecular complexity index is 702. The molecule has 2 aromatic carbocycles. The molecule has 0 saturated heterocycles. The lowest BCUT2D eigenvalue weighted by molar-refractivity contribution is -0.123. The van der Waals surface area contributed by atoms with Crippen molar-refractivity contribution in [1.29, 1.82) is 0 Å². The van der Waals surface area contributed by atoms with Crippen molar-refractivity contribution in [2.45, 2.75) is 13.0 Å². The fourth-order valence-electron chi connectivity index (χ4n) is 1.71. The SMILES string of the molecule is C[C@H](OC(=O)c1cccc(O)c1)C(=O)Nc1ccccc1F. The van der Waals surface area contributed by atoms with Crippen LogP contribution in [0.2, 0.25) is 0 Å². The van der Waals surface area contributed by atoms with Gasteiger partial charge in [0.2, 0.25) is 0 Å². The summed E-state index contributed by atoms with van der Waals surface area (Å²) >= 11 is 0. The number of para-hydroxylation sites is 1. The molecule has 0 bridgehead atoms. The molecule has 2 aromatic rings. The van der Waals surface area contributed by atoms with Gasteiger partial charge in [-0.25, -0.2) is 9.18 Å². The zero-order valence-corrected chi connectivity index (χ0v) is 11.7. The van der Waals surface area contributed by atoms with Crippen LogP contribution in [0.4, 0.5) is 10.1 Å². The summed E-state index contributed by atoms with van der Waals surface area (Å²) in [4.78, 5) is 23.7. The van der Waals surface area contributed by atoms with Crippen molar-refractivity contribution in [2.75, 3.05) is 5.32 Å². The van der Waals surface area contributed by atoms with E-state index in [1.165, 1.54) is 49.4 Å². The first-order valence-electron chi connectivity index (χ1n) is 6.53. The minimum Gasteiger partial charge on any atom is -0.508 e. The molecular formula is C16H14FNO4. The predicted molar refractivity (Wildman–Crippen MR) is 78.0 cm³/mol. The van der Waals surface area contributed by atoms with E-state index in [1.54, 1.807) is 6.07 Å². The number of hydrogen-bond donors (Lipinski definition) is 2. The number of carbonyl (C=O) groups is 2. The zero-order valence-electron chi connectivity index (χ0n) is 11.7. The Balaban J connectivity index is 1.99. The summed E-state index contributed by atoms with van der Waals surface area (Å²) in [6, 6.07) is 11.2. The maximum Gasteiger partial charge on any atom is 0.339 e. The summed E-state index contributed by atoms with van der Waals surface area (Å²) in [6.07, 6.45) is -1.12. The smallest absolute Gasteiger partial charge is 0.339 e. The molecule has 2 rings (SSSR count). The second kappa shape index (κ2) is 6.71. The van der Waals surface area contributed by atoms with Crippen LogP contribution in [0.5, 0.6) is 5.75 Å². The second-order valence-electron chi connectivity index (χ2n) is 4.57. The zero-order chi connectivity index (χ0) is 16.1. The number of benzene rings is 2. The van der Waals surface area contributed by atoms with Gasteiger partial charge in [0.05, 0.1) is 11.3 Å². The highest BCUT2D eigenvalue weighted by atomic mass is 19.1. The first-order valence-corrected chi connectivity index (χ1v) is 6.53. The van der Waals surface area contributed by atoms with Crippen LogP contribution in [0.3, 0.4) is 0 Å². The number of ether oxygens (including phenoxy) is 1. The molecule has 0 heterocycles. The molecule has 5 nitrogen and oxygen atoms in total. The molecular weight excluding hydrogens is 289 g/mol. The van der Waals surface area contributed by atoms with Gasteiger partial charge < -0.3 is 15.2 Å². The molecule has 22 heavy (non-hydrogen) atoms. The molecule has 0 aliphatic carbocycles. The molecule has 0 aliphatic heterocycles. The van der Waals surface area contributed by atoms with Gasteiger partial charge in [-0.1, -0.05) is 18.2 Å². The number of nitrogens with one attached hydrogen (secondary N) is 1. The molecule has 1 amide bonds. The van der Waals surface area contributed by atoms with Crippen molar-refractivity contribution in [3.63, 3.8) is 0 Å². The number of esters is 1. The minimum absolute atomic E-state index is 0.00718. The Kier molecular flexibility index (Phi) is 4.73. The topological polar surface area (TPSA) is 75.6 Å². The first-order chi connectivity index (χ1) is 10.5. The number of carbonyl (C=O) groups excluding carboxylic acids is 2. The van der Waals surface area contributed by atoms with Crippen LogP contribution in [0.1, 0.15) is 17.3 Å². The summed E-state index contributed by atoms with van der Waals surface area (Å²) < 4.78 is 18.4. The Morgan fingerprint density at radius 3 is 2.59 bits per heavy atom. The molecule has 6 heteroatoms. The number of aromatic hydroxyl groups is 1. The molecule has 0 spiro atoms. The van der Waals surface area contributed by atoms with E-state index in [0.29, 0.717) is 0 Å². The lowest BCUT2D eigenvalue weighted by atomic mass is 10.2. The molecule has 0 unspecified atom stereocenters. The van der Waals surface area contributed by atoms with Crippen LogP contribution in [-0.2, 0) is 9.53 Å². The van der Waals surface area contributed by atoms with Crippen LogP contribution in [-0.4, -0.2) is 23.1 Å². The predicted octanol–water partition coefficient (Wildman–Crippen LogP) is 2.72. The van der Waals surface area contributed by atoms with Gasteiger partial charge in [-0.3, -0.25) is 4.79 Å². The molecule has 114 valence electrons. The Morgan fingerprint density at radius 2 is 1.91 bits per heavy atom. The number of rotatable bonds is 4. The standard InChI is InChI=1S/C16H14FNO4/c1-10(15(20)18-14-8-3-2-7-13(14)17)22-16(21)11-5-4-6-12(19)9-11/h2-10,19H,1H3,(H,18,20)/t10-/m0/s1. The normalized spacial score (nSPS) is 11.5. The van der Waals surface area contributed by atoms with E-state index in [1.807, 2.05) is 0 Å². The lowest BCUT2D eigenvalue weighted by Crippen LogP contribution is -2.30. The van der Waals surface area contributed by atoms with Gasteiger partial charge >= 0.3 is 5.97 Å². The highest BCUT2D eigenvalue weighted by Gasteiger charge is 2.20. The van der Waals surface area contributed by atoms with E-state index in [2.05, 4.69) is 5.32 Å². The Morgan fingerprint density at radius 1 is 1.18 bits per heavy atom. The van der Waals surface area contributed by atoms with E-state index >= 15 is 0 Å². The van der Waals surface area contributed by atoms with Crippen molar-refractivity contribution in [3.05, 3.63) is 59.9 Å². The molecule has 0 aliphatic rings. The van der Waals surface area contributed by atoms with Crippen LogP contribution < -0.4 is 5.32 Å². The fourth-order valence-corrected chi connectivity index (χ4v) is 1.71. The molecule has 1 atom stereocenters. The van der Waals surface area contributed by atoms with Gasteiger partial charge in [0.25, 0.3) is 5.91 Å². The average molecular weight is 303 g/mol. The molecule has 0 saturated carbocycles. The lowest BCUT2D eigenvalue weighted by Gasteiger charge is -2.14. The highest BCUT2D eigenvalue weighted by molar-refractivity contribution is 5.97. The minimum atomic E-state index is -1.12. The third-order valence-electron chi connectivity index (χ3n) is 2.87. The van der Waals surface area contributed by atoms with E-state index in [4.69, 9.17) is 4.74 Å². The molecule has 0 radical (unpaired) electrons. The van der Waals surface area contributed by atoms with Crippen LogP contribution in [0.25, 0.3) is 0 Å². The molecule has 0 aromatic heterocycles. The maximum atomic E-state index is 13.4. The van der Waals surface area contributed by atoms with E-state index < -0.39 is 23.8 Å². The average Bonchev–Trinajstić information content (AvgIpc) is 2.49. The number of anilines is 1. The Labute approximate surface area is 126 Å². The summed E-state index contributed by atoms with van der Waals surface area (Å²) in [7, 11) is 0. The van der Waals surface area contributed by atoms with E-state index in [-0.39, 0.29) is 17.0 Å². The summed E-state index contributed by atoms with van der Waals surface area (Å²) in [5.41, 5.74) is 0.123. The van der Waals surface area contributed by atoms with Crippen LogP contribution in [0.15, 0.2) is 48.5 Å². The monoisotopic (exact) mass is 303 g/mol. The van der Waals surface area contributed by atoms with E-state index in [9.17, 15) is 19.1 Å². The Hall–Kier alpha value is -2.89. The van der Waals surface area contributed by atoms with Crippen molar-refractivity contribution in [1.82, 2.24) is 0 Å². The number of hydrogen-bond acceptors (Lipinski definition) is 4. The maximum absolute atomic E-state index is 13.4.